The van der Waals surface area contributed by atoms with Crippen LogP contribution in [0.5, 0.6) is 5.75 Å². The van der Waals surface area contributed by atoms with Gasteiger partial charge in [0.05, 0.1) is 13.2 Å². The van der Waals surface area contributed by atoms with E-state index in [1.165, 1.54) is 24.0 Å². The quantitative estimate of drug-likeness (QED) is 0.744. The Morgan fingerprint density at radius 2 is 2.07 bits per heavy atom. The van der Waals surface area contributed by atoms with Crippen molar-refractivity contribution in [3.8, 4) is 5.75 Å². The van der Waals surface area contributed by atoms with E-state index < -0.39 is 0 Å². The number of likely N-dealkylation sites (tertiary alicyclic amines) is 1. The molecule has 3 aliphatic rings. The van der Waals surface area contributed by atoms with Crippen LogP contribution >= 0.6 is 0 Å². The molecule has 1 saturated heterocycles. The van der Waals surface area contributed by atoms with Gasteiger partial charge in [0, 0.05) is 6.54 Å². The highest BCUT2D eigenvalue weighted by atomic mass is 16.5. The molecule has 4 heteroatoms. The van der Waals surface area contributed by atoms with Crippen molar-refractivity contribution in [2.45, 2.75) is 37.6 Å². The van der Waals surface area contributed by atoms with E-state index in [0.29, 0.717) is 5.92 Å². The molecule has 1 aromatic rings. The fourth-order valence-electron chi connectivity index (χ4n) is 4.24. The summed E-state index contributed by atoms with van der Waals surface area (Å²) >= 11 is 0. The zero-order valence-corrected chi connectivity index (χ0v) is 15.8. The topological polar surface area (TPSA) is 30.9 Å². The molecule has 4 rings (SSSR count). The number of nitrogens with zero attached hydrogens (tertiary/aromatic N) is 1. The van der Waals surface area contributed by atoms with Gasteiger partial charge in [-0.25, -0.2) is 0 Å². The second-order valence-corrected chi connectivity index (χ2v) is 7.26. The fraction of sp³-hybridized carbons (Fsp3) is 0.391. The summed E-state index contributed by atoms with van der Waals surface area (Å²) in [6.45, 7) is 2.09. The lowest BCUT2D eigenvalue weighted by Gasteiger charge is -2.40. The van der Waals surface area contributed by atoms with Gasteiger partial charge in [-0.3, -0.25) is 4.90 Å². The molecule has 2 heterocycles. The van der Waals surface area contributed by atoms with E-state index in [9.17, 15) is 0 Å². The monoisotopic (exact) mass is 365 g/mol. The average Bonchev–Trinajstić information content (AvgIpc) is 2.76. The maximum absolute atomic E-state index is 5.85. The van der Waals surface area contributed by atoms with E-state index in [-0.39, 0.29) is 6.04 Å². The number of hydrogen-bond acceptors (Lipinski definition) is 4. The summed E-state index contributed by atoms with van der Waals surface area (Å²) in [5.74, 6) is 2.31. The van der Waals surface area contributed by atoms with Gasteiger partial charge < -0.3 is 14.2 Å². The fourth-order valence-corrected chi connectivity index (χ4v) is 4.24. The van der Waals surface area contributed by atoms with Crippen LogP contribution in [0.15, 0.2) is 72.6 Å². The normalized spacial score (nSPS) is 23.7. The number of ether oxygens (including phenoxy) is 3. The van der Waals surface area contributed by atoms with Gasteiger partial charge in [-0.15, -0.1) is 0 Å². The van der Waals surface area contributed by atoms with E-state index in [0.717, 1.165) is 37.4 Å². The first-order valence-electron chi connectivity index (χ1n) is 9.76. The lowest BCUT2D eigenvalue weighted by Crippen LogP contribution is -2.44. The van der Waals surface area contributed by atoms with Crippen LogP contribution in [-0.4, -0.2) is 31.1 Å². The number of benzene rings is 1. The first-order valence-corrected chi connectivity index (χ1v) is 9.76. The molecular formula is C23H27NO3. The molecule has 2 atom stereocenters. The van der Waals surface area contributed by atoms with Gasteiger partial charge in [-0.2, -0.15) is 0 Å². The van der Waals surface area contributed by atoms with Crippen molar-refractivity contribution >= 4 is 0 Å². The molecule has 2 unspecified atom stereocenters. The van der Waals surface area contributed by atoms with E-state index in [2.05, 4.69) is 47.4 Å². The molecule has 27 heavy (non-hydrogen) atoms. The van der Waals surface area contributed by atoms with Crippen molar-refractivity contribution in [2.75, 3.05) is 20.2 Å². The van der Waals surface area contributed by atoms with Crippen LogP contribution in [0.3, 0.4) is 0 Å². The molecule has 4 nitrogen and oxygen atoms in total. The Morgan fingerprint density at radius 3 is 2.78 bits per heavy atom. The van der Waals surface area contributed by atoms with Crippen LogP contribution in [0.4, 0.5) is 0 Å². The van der Waals surface area contributed by atoms with Crippen LogP contribution in [0.2, 0.25) is 0 Å². The standard InChI is InChI=1S/C23H27NO3/c1-25-21-11-9-18(10-12-21)20-8-5-13-24(16-20)23(19-6-3-2-4-7-19)22-17-26-14-15-27-22/h2-3,6,9-12,14-15,17,20,23H,4-5,7-8,13,16H2,1H3. The first-order chi connectivity index (χ1) is 13.3. The van der Waals surface area contributed by atoms with Gasteiger partial charge >= 0.3 is 0 Å². The largest absolute Gasteiger partial charge is 0.497 e. The lowest BCUT2D eigenvalue weighted by molar-refractivity contribution is 0.131. The number of allylic oxidation sites excluding steroid dienone is 3. The van der Waals surface area contributed by atoms with E-state index in [1.807, 2.05) is 0 Å². The van der Waals surface area contributed by atoms with Gasteiger partial charge in [-0.1, -0.05) is 30.4 Å². The Hall–Kier alpha value is -2.46. The Labute approximate surface area is 161 Å². The average molecular weight is 365 g/mol. The number of piperidine rings is 1. The number of rotatable bonds is 5. The molecule has 1 fully saturated rings. The minimum atomic E-state index is 0.140. The van der Waals surface area contributed by atoms with Crippen molar-refractivity contribution in [3.63, 3.8) is 0 Å². The van der Waals surface area contributed by atoms with E-state index in [1.54, 1.807) is 25.9 Å². The van der Waals surface area contributed by atoms with Crippen molar-refractivity contribution in [1.29, 1.82) is 0 Å². The van der Waals surface area contributed by atoms with Crippen molar-refractivity contribution in [2.24, 2.45) is 0 Å². The Bertz CT molecular complexity index is 760. The summed E-state index contributed by atoms with van der Waals surface area (Å²) in [7, 11) is 1.71. The molecule has 0 spiro atoms. The number of hydrogen-bond donors (Lipinski definition) is 0. The second-order valence-electron chi connectivity index (χ2n) is 7.26. The summed E-state index contributed by atoms with van der Waals surface area (Å²) in [5.41, 5.74) is 2.78. The van der Waals surface area contributed by atoms with Crippen LogP contribution < -0.4 is 4.74 Å². The van der Waals surface area contributed by atoms with Crippen LogP contribution in [0.25, 0.3) is 0 Å². The Balaban J connectivity index is 1.56. The van der Waals surface area contributed by atoms with E-state index in [4.69, 9.17) is 14.2 Å². The smallest absolute Gasteiger partial charge is 0.160 e. The molecular weight excluding hydrogens is 338 g/mol. The molecule has 2 aliphatic heterocycles. The molecule has 0 aromatic heterocycles. The predicted octanol–water partition coefficient (Wildman–Crippen LogP) is 4.88. The number of methoxy groups -OCH3 is 1. The first kappa shape index (κ1) is 17.9. The van der Waals surface area contributed by atoms with Gasteiger partial charge in [0.1, 0.15) is 24.5 Å². The molecule has 0 bridgehead atoms. The van der Waals surface area contributed by atoms with E-state index >= 15 is 0 Å². The van der Waals surface area contributed by atoms with Gasteiger partial charge in [0.25, 0.3) is 0 Å². The minimum Gasteiger partial charge on any atom is -0.497 e. The Kier molecular flexibility index (Phi) is 5.64. The molecule has 1 aliphatic carbocycles. The third-order valence-electron chi connectivity index (χ3n) is 5.59. The highest BCUT2D eigenvalue weighted by Gasteiger charge is 2.33. The van der Waals surface area contributed by atoms with Gasteiger partial charge in [-0.05, 0) is 61.4 Å². The van der Waals surface area contributed by atoms with Crippen molar-refractivity contribution in [1.82, 2.24) is 4.90 Å². The summed E-state index contributed by atoms with van der Waals surface area (Å²) < 4.78 is 16.6. The highest BCUT2D eigenvalue weighted by Crippen LogP contribution is 2.34. The molecule has 0 saturated carbocycles. The van der Waals surface area contributed by atoms with Crippen molar-refractivity contribution < 1.29 is 14.2 Å². The molecule has 142 valence electrons. The second kappa shape index (κ2) is 8.49. The molecule has 0 amide bonds. The highest BCUT2D eigenvalue weighted by molar-refractivity contribution is 5.32. The molecule has 0 radical (unpaired) electrons. The predicted molar refractivity (Wildman–Crippen MR) is 106 cm³/mol. The van der Waals surface area contributed by atoms with Crippen LogP contribution in [0.1, 0.15) is 37.2 Å². The van der Waals surface area contributed by atoms with Crippen molar-refractivity contribution in [3.05, 3.63) is 78.2 Å². The zero-order chi connectivity index (χ0) is 18.5. The summed E-state index contributed by atoms with van der Waals surface area (Å²) in [6, 6.07) is 8.66. The Morgan fingerprint density at radius 1 is 1.19 bits per heavy atom. The lowest BCUT2D eigenvalue weighted by atomic mass is 9.87. The van der Waals surface area contributed by atoms with Gasteiger partial charge in [0.15, 0.2) is 5.76 Å². The van der Waals surface area contributed by atoms with Crippen LogP contribution in [-0.2, 0) is 9.47 Å². The summed E-state index contributed by atoms with van der Waals surface area (Å²) in [6.07, 6.45) is 16.1. The molecule has 0 N–H and O–H groups in total. The van der Waals surface area contributed by atoms with Gasteiger partial charge in [0.2, 0.25) is 0 Å². The third-order valence-corrected chi connectivity index (χ3v) is 5.59. The van der Waals surface area contributed by atoms with Crippen LogP contribution in [0, 0.1) is 0 Å². The molecule has 1 aromatic carbocycles. The third kappa shape index (κ3) is 4.11. The zero-order valence-electron chi connectivity index (χ0n) is 15.8. The summed E-state index contributed by atoms with van der Waals surface area (Å²) in [5, 5.41) is 0. The SMILES string of the molecule is COc1ccc(C2CCCN(C(C3=CC=CCC3)C3=COC=CO3)C2)cc1. The minimum absolute atomic E-state index is 0.140. The maximum Gasteiger partial charge on any atom is 0.160 e. The maximum atomic E-state index is 5.85. The summed E-state index contributed by atoms with van der Waals surface area (Å²) in [4.78, 5) is 2.55.